The molecule has 2 unspecified atom stereocenters. The van der Waals surface area contributed by atoms with Gasteiger partial charge in [0.15, 0.2) is 0 Å². The smallest absolute Gasteiger partial charge is 0.00394 e. The summed E-state index contributed by atoms with van der Waals surface area (Å²) >= 11 is 0. The third-order valence-corrected chi connectivity index (χ3v) is 14.2. The van der Waals surface area contributed by atoms with Gasteiger partial charge in [-0.3, -0.25) is 7.92 Å². The van der Waals surface area contributed by atoms with Gasteiger partial charge in [0.2, 0.25) is 0 Å². The first-order valence-electron chi connectivity index (χ1n) is 18.8. The van der Waals surface area contributed by atoms with Crippen LogP contribution in [0.3, 0.4) is 0 Å². The van der Waals surface area contributed by atoms with E-state index in [4.69, 9.17) is 0 Å². The molecular weight excluding hydrogens is 858 g/mol. The van der Waals surface area contributed by atoms with Crippen LogP contribution in [0.15, 0.2) is 194 Å². The van der Waals surface area contributed by atoms with Crippen LogP contribution in [0.5, 0.6) is 0 Å². The summed E-state index contributed by atoms with van der Waals surface area (Å²) in [5.41, 5.74) is 5.68. The van der Waals surface area contributed by atoms with Crippen molar-refractivity contribution in [3.8, 4) is 0 Å². The van der Waals surface area contributed by atoms with Gasteiger partial charge in [-0.2, -0.15) is 83.4 Å². The van der Waals surface area contributed by atoms with E-state index in [1.807, 2.05) is 60.7 Å². The molecule has 0 radical (unpaired) electrons. The minimum atomic E-state index is -0.466. The molecule has 2 atom stereocenters. The summed E-state index contributed by atoms with van der Waals surface area (Å²) in [6.45, 7) is 4.52. The summed E-state index contributed by atoms with van der Waals surface area (Å²) in [4.78, 5) is 4.46. The van der Waals surface area contributed by atoms with Crippen molar-refractivity contribution in [1.82, 2.24) is 0 Å². The van der Waals surface area contributed by atoms with Crippen LogP contribution in [-0.4, -0.2) is 28.2 Å². The average Bonchev–Trinajstić information content (AvgIpc) is 4.06. The Kier molecular flexibility index (Phi) is 23.1. The minimum Gasteiger partial charge on any atom is -0.747 e. The fourth-order valence-electron chi connectivity index (χ4n) is 6.64. The molecule has 8 rings (SSSR count). The predicted octanol–water partition coefficient (Wildman–Crippen LogP) is 9.83. The van der Waals surface area contributed by atoms with Gasteiger partial charge in [-0.15, -0.1) is 30.0 Å². The molecule has 0 fully saturated rings. The molecule has 0 aromatic heterocycles. The molecule has 57 heavy (non-hydrogen) atoms. The standard InChI is InChI=1S/2C20H22NP.2C5H5.3Fe/c2*1-4-18-19(21(2)3)14-15-20(18)22(17-12-8-9-13-17)16-10-6-5-7-11-16;2*1-2-4-5-3-1;;;/h2*5-15H,4H2,1-3H3;2*1-5H;;;/q-6;-2;2*-1;;;. The zero-order valence-corrected chi connectivity index (χ0v) is 38.8. The normalized spacial score (nSPS) is 10.9. The molecular formula is C50H54Fe3N2P2-10. The van der Waals surface area contributed by atoms with Gasteiger partial charge in [0.1, 0.15) is 0 Å². The van der Waals surface area contributed by atoms with E-state index >= 15 is 0 Å². The van der Waals surface area contributed by atoms with Gasteiger partial charge in [0.05, 0.1) is 0 Å². The zero-order chi connectivity index (χ0) is 38.1. The summed E-state index contributed by atoms with van der Waals surface area (Å²) < 4.78 is 0. The second kappa shape index (κ2) is 26.5. The van der Waals surface area contributed by atoms with E-state index in [-0.39, 0.29) is 51.2 Å². The van der Waals surface area contributed by atoms with E-state index < -0.39 is 15.8 Å². The van der Waals surface area contributed by atoms with Crippen LogP contribution in [-0.2, 0) is 64.0 Å². The Morgan fingerprint density at radius 1 is 0.544 bits per heavy atom. The van der Waals surface area contributed by atoms with Gasteiger partial charge in [0.25, 0.3) is 0 Å². The van der Waals surface area contributed by atoms with Gasteiger partial charge >= 0.3 is 0 Å². The monoisotopic (exact) mass is 912 g/mol. The first-order valence-corrected chi connectivity index (χ1v) is 21.5. The molecule has 0 aliphatic rings. The Bertz CT molecular complexity index is 1900. The molecule has 0 saturated heterocycles. The first kappa shape index (κ1) is 49.7. The molecule has 8 aromatic rings. The number of hydrogen-bond donors (Lipinski definition) is 0. The molecule has 8 aromatic carbocycles. The second-order valence-electron chi connectivity index (χ2n) is 13.2. The molecule has 0 amide bonds. The molecule has 0 heterocycles. The Labute approximate surface area is 377 Å². The van der Waals surface area contributed by atoms with Crippen LogP contribution < -0.4 is 41.6 Å². The fraction of sp³-hybridized carbons (Fsp3) is 0.160. The largest absolute Gasteiger partial charge is 0.747 e. The Hall–Kier alpha value is -3.44. The van der Waals surface area contributed by atoms with E-state index in [0.717, 1.165) is 12.8 Å². The van der Waals surface area contributed by atoms with E-state index in [9.17, 15) is 0 Å². The fourth-order valence-corrected chi connectivity index (χ4v) is 11.8. The molecule has 0 aliphatic carbocycles. The third kappa shape index (κ3) is 13.8. The van der Waals surface area contributed by atoms with E-state index in [1.165, 1.54) is 54.3 Å². The van der Waals surface area contributed by atoms with E-state index in [0.29, 0.717) is 0 Å². The van der Waals surface area contributed by atoms with Crippen LogP contribution in [0.1, 0.15) is 25.0 Å². The first-order chi connectivity index (χ1) is 26.4. The Morgan fingerprint density at radius 3 is 1.51 bits per heavy atom. The number of hydrogen-bond acceptors (Lipinski definition) is 2. The van der Waals surface area contributed by atoms with E-state index in [2.05, 4.69) is 185 Å². The van der Waals surface area contributed by atoms with Crippen molar-refractivity contribution < 1.29 is 51.2 Å². The Balaban J connectivity index is 0.000000302. The molecule has 0 N–H and O–H groups in total. The van der Waals surface area contributed by atoms with Crippen molar-refractivity contribution in [3.63, 3.8) is 0 Å². The Morgan fingerprint density at radius 2 is 1.09 bits per heavy atom. The molecule has 0 saturated carbocycles. The molecule has 7 heteroatoms. The van der Waals surface area contributed by atoms with Crippen LogP contribution in [0.2, 0.25) is 0 Å². The maximum Gasteiger partial charge on any atom is 0.00394 e. The van der Waals surface area contributed by atoms with Gasteiger partial charge in [0, 0.05) is 65.3 Å². The summed E-state index contributed by atoms with van der Waals surface area (Å²) in [6.07, 6.45) is 2.14. The van der Waals surface area contributed by atoms with Crippen molar-refractivity contribution in [2.45, 2.75) is 26.7 Å². The van der Waals surface area contributed by atoms with Crippen LogP contribution >= 0.6 is 15.8 Å². The minimum absolute atomic E-state index is 0. The van der Waals surface area contributed by atoms with Gasteiger partial charge in [-0.25, -0.2) is 36.4 Å². The molecule has 0 spiro atoms. The second-order valence-corrected chi connectivity index (χ2v) is 17.6. The molecule has 308 valence electrons. The molecule has 2 nitrogen and oxygen atoms in total. The summed E-state index contributed by atoms with van der Waals surface area (Å²) in [5, 5.41) is 8.72. The SMILES string of the molecule is CC[c-]1c(N(C)C)ccc1P(c1ccccc1)[c-]1[cH-][cH-][cH-][cH-]1.CCc1c(N(C)C)cc[c-]1P(c1ccccc1)c1cc[cH-]c1.[Fe].[Fe].[Fe].c1cc[cH-]c1.c1cc[cH-]c1. The number of nitrogens with zero attached hydrogens (tertiary/aromatic N) is 2. The number of anilines is 2. The third-order valence-electron chi connectivity index (χ3n) is 9.13. The van der Waals surface area contributed by atoms with Gasteiger partial charge in [-0.05, 0) is 19.4 Å². The topological polar surface area (TPSA) is 6.48 Å². The van der Waals surface area contributed by atoms with Gasteiger partial charge in [-0.1, -0.05) is 98.3 Å². The van der Waals surface area contributed by atoms with Crippen molar-refractivity contribution in [2.75, 3.05) is 38.0 Å². The van der Waals surface area contributed by atoms with Crippen molar-refractivity contribution in [2.24, 2.45) is 0 Å². The zero-order valence-electron chi connectivity index (χ0n) is 33.7. The number of rotatable bonds is 10. The molecule has 0 bridgehead atoms. The molecule has 0 aliphatic heterocycles. The summed E-state index contributed by atoms with van der Waals surface area (Å²) in [6, 6.07) is 68.7. The maximum absolute atomic E-state index is 2.33. The average molecular weight is 912 g/mol. The van der Waals surface area contributed by atoms with Crippen molar-refractivity contribution in [3.05, 3.63) is 205 Å². The maximum atomic E-state index is 2.33. The quantitative estimate of drug-likeness (QED) is 0.0767. The predicted molar refractivity (Wildman–Crippen MR) is 244 cm³/mol. The van der Waals surface area contributed by atoms with Gasteiger partial charge < -0.3 is 39.4 Å². The van der Waals surface area contributed by atoms with Crippen LogP contribution in [0.25, 0.3) is 0 Å². The summed E-state index contributed by atoms with van der Waals surface area (Å²) in [5.74, 6) is 0. The summed E-state index contributed by atoms with van der Waals surface area (Å²) in [7, 11) is 7.59. The number of benzene rings is 2. The van der Waals surface area contributed by atoms with E-state index in [1.54, 1.807) is 0 Å². The van der Waals surface area contributed by atoms with Crippen LogP contribution in [0.4, 0.5) is 11.4 Å². The van der Waals surface area contributed by atoms with Crippen molar-refractivity contribution in [1.29, 1.82) is 0 Å². The van der Waals surface area contributed by atoms with Crippen molar-refractivity contribution >= 4 is 59.0 Å². The van der Waals surface area contributed by atoms with Crippen LogP contribution in [0, 0.1) is 0 Å².